The minimum absolute atomic E-state index is 0.658. The van der Waals surface area contributed by atoms with Gasteiger partial charge < -0.3 is 5.32 Å². The van der Waals surface area contributed by atoms with E-state index in [1.54, 1.807) is 0 Å². The SMILES string of the molecule is CCCCCNCc1ccn(CC(C)C)n1. The molecule has 0 aliphatic heterocycles. The smallest absolute Gasteiger partial charge is 0.0762 e. The molecule has 92 valence electrons. The first-order chi connectivity index (χ1) is 7.72. The number of hydrogen-bond donors (Lipinski definition) is 1. The third-order valence-electron chi connectivity index (χ3n) is 2.51. The molecular formula is C13H25N3. The molecule has 0 spiro atoms. The Bertz CT molecular complexity index is 278. The zero-order valence-electron chi connectivity index (χ0n) is 10.9. The molecule has 16 heavy (non-hydrogen) atoms. The van der Waals surface area contributed by atoms with Gasteiger partial charge in [-0.15, -0.1) is 0 Å². The Morgan fingerprint density at radius 1 is 1.38 bits per heavy atom. The van der Waals surface area contributed by atoms with E-state index in [2.05, 4.69) is 43.4 Å². The van der Waals surface area contributed by atoms with Crippen molar-refractivity contribution in [2.24, 2.45) is 5.92 Å². The number of aromatic nitrogens is 2. The zero-order chi connectivity index (χ0) is 11.8. The molecule has 1 heterocycles. The van der Waals surface area contributed by atoms with Gasteiger partial charge in [0.05, 0.1) is 5.69 Å². The van der Waals surface area contributed by atoms with E-state index in [1.807, 2.05) is 4.68 Å². The largest absolute Gasteiger partial charge is 0.311 e. The van der Waals surface area contributed by atoms with E-state index < -0.39 is 0 Å². The maximum atomic E-state index is 4.52. The minimum Gasteiger partial charge on any atom is -0.311 e. The Morgan fingerprint density at radius 3 is 2.88 bits per heavy atom. The fourth-order valence-electron chi connectivity index (χ4n) is 1.69. The first-order valence-corrected chi connectivity index (χ1v) is 6.45. The molecule has 0 aliphatic carbocycles. The van der Waals surface area contributed by atoms with Gasteiger partial charge in [-0.05, 0) is 24.9 Å². The lowest BCUT2D eigenvalue weighted by atomic mass is 10.2. The highest BCUT2D eigenvalue weighted by Crippen LogP contribution is 2.01. The summed E-state index contributed by atoms with van der Waals surface area (Å²) in [6, 6.07) is 2.11. The Balaban J connectivity index is 2.19. The van der Waals surface area contributed by atoms with E-state index >= 15 is 0 Å². The van der Waals surface area contributed by atoms with Gasteiger partial charge in [-0.2, -0.15) is 5.10 Å². The van der Waals surface area contributed by atoms with Crippen molar-refractivity contribution in [2.45, 2.75) is 53.1 Å². The highest BCUT2D eigenvalue weighted by molar-refractivity contribution is 4.98. The summed E-state index contributed by atoms with van der Waals surface area (Å²) in [4.78, 5) is 0. The molecule has 0 saturated carbocycles. The molecule has 0 aliphatic rings. The van der Waals surface area contributed by atoms with Crippen molar-refractivity contribution >= 4 is 0 Å². The standard InChI is InChI=1S/C13H25N3/c1-4-5-6-8-14-10-13-7-9-16(15-13)11-12(2)3/h7,9,12,14H,4-6,8,10-11H2,1-3H3. The molecule has 0 saturated heterocycles. The van der Waals surface area contributed by atoms with Crippen LogP contribution in [0.5, 0.6) is 0 Å². The van der Waals surface area contributed by atoms with Gasteiger partial charge >= 0.3 is 0 Å². The molecule has 1 N–H and O–H groups in total. The highest BCUT2D eigenvalue weighted by atomic mass is 15.3. The van der Waals surface area contributed by atoms with Crippen LogP contribution in [0.2, 0.25) is 0 Å². The van der Waals surface area contributed by atoms with Crippen LogP contribution in [0, 0.1) is 5.92 Å². The van der Waals surface area contributed by atoms with Gasteiger partial charge in [0.25, 0.3) is 0 Å². The molecule has 0 fully saturated rings. The lowest BCUT2D eigenvalue weighted by Crippen LogP contribution is -2.15. The second-order valence-corrected chi connectivity index (χ2v) is 4.81. The Hall–Kier alpha value is -0.830. The van der Waals surface area contributed by atoms with Crippen molar-refractivity contribution in [1.82, 2.24) is 15.1 Å². The predicted octanol–water partition coefficient (Wildman–Crippen LogP) is 2.82. The first kappa shape index (κ1) is 13.2. The van der Waals surface area contributed by atoms with Gasteiger partial charge in [0.1, 0.15) is 0 Å². The zero-order valence-corrected chi connectivity index (χ0v) is 10.9. The van der Waals surface area contributed by atoms with Crippen molar-refractivity contribution in [3.63, 3.8) is 0 Å². The van der Waals surface area contributed by atoms with Gasteiger partial charge in [-0.1, -0.05) is 33.6 Å². The number of rotatable bonds is 8. The summed E-state index contributed by atoms with van der Waals surface area (Å²) in [5.74, 6) is 0.658. The van der Waals surface area contributed by atoms with Gasteiger partial charge in [0.2, 0.25) is 0 Å². The summed E-state index contributed by atoms with van der Waals surface area (Å²) in [6.07, 6.45) is 5.94. The molecule has 1 aromatic rings. The lowest BCUT2D eigenvalue weighted by Gasteiger charge is -2.04. The monoisotopic (exact) mass is 223 g/mol. The number of nitrogens with zero attached hydrogens (tertiary/aromatic N) is 2. The van der Waals surface area contributed by atoms with Crippen LogP contribution in [0.3, 0.4) is 0 Å². The van der Waals surface area contributed by atoms with Gasteiger partial charge in [0.15, 0.2) is 0 Å². The maximum absolute atomic E-state index is 4.52. The summed E-state index contributed by atoms with van der Waals surface area (Å²) >= 11 is 0. The lowest BCUT2D eigenvalue weighted by molar-refractivity contribution is 0.477. The topological polar surface area (TPSA) is 29.9 Å². The van der Waals surface area contributed by atoms with Gasteiger partial charge in [-0.3, -0.25) is 4.68 Å². The molecule has 0 unspecified atom stereocenters. The molecule has 0 bridgehead atoms. The number of nitrogens with one attached hydrogen (secondary N) is 1. The third kappa shape index (κ3) is 5.31. The Labute approximate surface area is 99.2 Å². The first-order valence-electron chi connectivity index (χ1n) is 6.45. The molecule has 0 amide bonds. The van der Waals surface area contributed by atoms with E-state index in [1.165, 1.54) is 19.3 Å². The molecule has 0 radical (unpaired) electrons. The van der Waals surface area contributed by atoms with Crippen molar-refractivity contribution in [3.8, 4) is 0 Å². The second-order valence-electron chi connectivity index (χ2n) is 4.81. The van der Waals surface area contributed by atoms with Crippen molar-refractivity contribution in [3.05, 3.63) is 18.0 Å². The summed E-state index contributed by atoms with van der Waals surface area (Å²) in [5, 5.41) is 7.95. The summed E-state index contributed by atoms with van der Waals surface area (Å²) in [7, 11) is 0. The van der Waals surface area contributed by atoms with E-state index in [9.17, 15) is 0 Å². The fraction of sp³-hybridized carbons (Fsp3) is 0.769. The van der Waals surface area contributed by atoms with Crippen LogP contribution >= 0.6 is 0 Å². The Morgan fingerprint density at radius 2 is 2.19 bits per heavy atom. The van der Waals surface area contributed by atoms with Crippen molar-refractivity contribution in [2.75, 3.05) is 6.54 Å². The van der Waals surface area contributed by atoms with Crippen LogP contribution in [0.25, 0.3) is 0 Å². The molecular weight excluding hydrogens is 198 g/mol. The van der Waals surface area contributed by atoms with Crippen LogP contribution in [-0.4, -0.2) is 16.3 Å². The Kier molecular flexibility index (Phi) is 6.16. The summed E-state index contributed by atoms with van der Waals surface area (Å²) < 4.78 is 2.04. The number of hydrogen-bond acceptors (Lipinski definition) is 2. The third-order valence-corrected chi connectivity index (χ3v) is 2.51. The number of unbranched alkanes of at least 4 members (excludes halogenated alkanes) is 2. The van der Waals surface area contributed by atoms with Crippen LogP contribution in [0.15, 0.2) is 12.3 Å². The van der Waals surface area contributed by atoms with E-state index in [0.29, 0.717) is 5.92 Å². The van der Waals surface area contributed by atoms with E-state index in [0.717, 1.165) is 25.3 Å². The molecule has 1 aromatic heterocycles. The fourth-order valence-corrected chi connectivity index (χ4v) is 1.69. The van der Waals surface area contributed by atoms with Crippen LogP contribution in [-0.2, 0) is 13.1 Å². The van der Waals surface area contributed by atoms with Crippen LogP contribution < -0.4 is 5.32 Å². The van der Waals surface area contributed by atoms with E-state index in [4.69, 9.17) is 0 Å². The van der Waals surface area contributed by atoms with Gasteiger partial charge in [-0.25, -0.2) is 0 Å². The van der Waals surface area contributed by atoms with Crippen LogP contribution in [0.1, 0.15) is 45.7 Å². The van der Waals surface area contributed by atoms with Gasteiger partial charge in [0, 0.05) is 19.3 Å². The average Bonchev–Trinajstić information content (AvgIpc) is 2.64. The molecule has 0 atom stereocenters. The quantitative estimate of drug-likeness (QED) is 0.687. The molecule has 0 aromatic carbocycles. The highest BCUT2D eigenvalue weighted by Gasteiger charge is 2.00. The molecule has 3 nitrogen and oxygen atoms in total. The average molecular weight is 223 g/mol. The summed E-state index contributed by atoms with van der Waals surface area (Å²) in [6.45, 7) is 9.66. The van der Waals surface area contributed by atoms with Crippen molar-refractivity contribution < 1.29 is 0 Å². The second kappa shape index (κ2) is 7.44. The minimum atomic E-state index is 0.658. The van der Waals surface area contributed by atoms with Crippen molar-refractivity contribution in [1.29, 1.82) is 0 Å². The maximum Gasteiger partial charge on any atom is 0.0762 e. The van der Waals surface area contributed by atoms with E-state index in [-0.39, 0.29) is 0 Å². The molecule has 3 heteroatoms. The van der Waals surface area contributed by atoms with Crippen LogP contribution in [0.4, 0.5) is 0 Å². The summed E-state index contributed by atoms with van der Waals surface area (Å²) in [5.41, 5.74) is 1.15. The molecule has 1 rings (SSSR count). The normalized spacial score (nSPS) is 11.2. The predicted molar refractivity (Wildman–Crippen MR) is 68.3 cm³/mol.